The third kappa shape index (κ3) is 4.08. The van der Waals surface area contributed by atoms with Crippen molar-refractivity contribution < 1.29 is 9.84 Å². The fourth-order valence-corrected chi connectivity index (χ4v) is 4.16. The van der Waals surface area contributed by atoms with Crippen LogP contribution in [0.2, 0.25) is 0 Å². The highest BCUT2D eigenvalue weighted by Gasteiger charge is 2.50. The molecule has 3 aliphatic rings. The predicted octanol–water partition coefficient (Wildman–Crippen LogP) is 3.19. The predicted molar refractivity (Wildman–Crippen MR) is 97.9 cm³/mol. The largest absolute Gasteiger partial charge is 0.389 e. The van der Waals surface area contributed by atoms with Gasteiger partial charge in [0.1, 0.15) is 0 Å². The summed E-state index contributed by atoms with van der Waals surface area (Å²) in [5, 5.41) is 13.4. The van der Waals surface area contributed by atoms with Gasteiger partial charge in [-0.15, -0.1) is 0 Å². The van der Waals surface area contributed by atoms with Crippen molar-refractivity contribution in [3.8, 4) is 0 Å². The molecule has 0 radical (unpaired) electrons. The number of fused-ring (bicyclic) bond motifs is 1. The number of aliphatic hydroxyl groups excluding tert-OH is 1. The van der Waals surface area contributed by atoms with E-state index in [-0.39, 0.29) is 0 Å². The Morgan fingerprint density at radius 2 is 2.08 bits per heavy atom. The summed E-state index contributed by atoms with van der Waals surface area (Å²) in [6, 6.07) is 10.4. The van der Waals surface area contributed by atoms with Crippen LogP contribution in [0, 0.1) is 17.3 Å². The highest BCUT2D eigenvalue weighted by atomic mass is 16.5. The van der Waals surface area contributed by atoms with Crippen molar-refractivity contribution in [2.24, 2.45) is 17.3 Å². The van der Waals surface area contributed by atoms with Gasteiger partial charge in [-0.05, 0) is 54.2 Å². The Balaban J connectivity index is 1.28. The smallest absolute Gasteiger partial charge is 0.0897 e. The fourth-order valence-electron chi connectivity index (χ4n) is 4.16. The molecular formula is C21H31NO2. The van der Waals surface area contributed by atoms with E-state index in [1.807, 2.05) is 6.07 Å². The normalized spacial score (nSPS) is 25.7. The number of hydrogen-bond donors (Lipinski definition) is 2. The van der Waals surface area contributed by atoms with Crippen molar-refractivity contribution >= 4 is 0 Å². The lowest BCUT2D eigenvalue weighted by Gasteiger charge is -2.56. The van der Waals surface area contributed by atoms with Crippen molar-refractivity contribution in [2.75, 3.05) is 26.3 Å². The number of ether oxygens (including phenoxy) is 1. The molecule has 3 atom stereocenters. The maximum Gasteiger partial charge on any atom is 0.0897 e. The van der Waals surface area contributed by atoms with Gasteiger partial charge in [-0.3, -0.25) is 0 Å². The van der Waals surface area contributed by atoms with Gasteiger partial charge >= 0.3 is 0 Å². The number of hydrogen-bond acceptors (Lipinski definition) is 3. The molecule has 0 saturated heterocycles. The Morgan fingerprint density at radius 3 is 2.79 bits per heavy atom. The average Bonchev–Trinajstić information content (AvgIpc) is 2.59. The van der Waals surface area contributed by atoms with Gasteiger partial charge < -0.3 is 15.2 Å². The van der Waals surface area contributed by atoms with Gasteiger partial charge in [-0.25, -0.2) is 0 Å². The van der Waals surface area contributed by atoms with E-state index >= 15 is 0 Å². The van der Waals surface area contributed by atoms with Gasteiger partial charge in [0.25, 0.3) is 0 Å². The van der Waals surface area contributed by atoms with Crippen LogP contribution in [0.15, 0.2) is 42.0 Å². The second-order valence-electron chi connectivity index (χ2n) is 7.93. The topological polar surface area (TPSA) is 41.5 Å². The van der Waals surface area contributed by atoms with Crippen molar-refractivity contribution in [3.05, 3.63) is 47.5 Å². The molecule has 0 amide bonds. The first-order valence-electron chi connectivity index (χ1n) is 9.26. The molecule has 0 aliphatic heterocycles. The molecule has 0 aromatic heterocycles. The summed E-state index contributed by atoms with van der Waals surface area (Å²) in [6.45, 7) is 7.32. The Hall–Kier alpha value is -1.16. The number of allylic oxidation sites excluding steroid dienone is 1. The third-order valence-electron chi connectivity index (χ3n) is 5.97. The van der Waals surface area contributed by atoms with Crippen LogP contribution in [0.25, 0.3) is 0 Å². The van der Waals surface area contributed by atoms with E-state index < -0.39 is 6.10 Å². The Morgan fingerprint density at radius 1 is 1.29 bits per heavy atom. The lowest BCUT2D eigenvalue weighted by molar-refractivity contribution is -0.0235. The maximum atomic E-state index is 10.0. The zero-order valence-electron chi connectivity index (χ0n) is 15.0. The minimum atomic E-state index is -0.438. The van der Waals surface area contributed by atoms with Gasteiger partial charge in [0, 0.05) is 6.54 Å². The van der Waals surface area contributed by atoms with E-state index in [0.717, 1.165) is 18.9 Å². The van der Waals surface area contributed by atoms with E-state index in [9.17, 15) is 5.11 Å². The lowest BCUT2D eigenvalue weighted by Crippen LogP contribution is -2.48. The molecule has 0 spiro atoms. The van der Waals surface area contributed by atoms with Crippen LogP contribution in [0.4, 0.5) is 0 Å². The molecule has 1 fully saturated rings. The van der Waals surface area contributed by atoms with Crippen LogP contribution in [0.1, 0.15) is 32.3 Å². The van der Waals surface area contributed by atoms with Gasteiger partial charge in [0.05, 0.1) is 19.3 Å². The van der Waals surface area contributed by atoms with Crippen LogP contribution in [-0.4, -0.2) is 37.5 Å². The summed E-state index contributed by atoms with van der Waals surface area (Å²) in [5.41, 5.74) is 3.22. The second-order valence-corrected chi connectivity index (χ2v) is 7.93. The molecule has 24 heavy (non-hydrogen) atoms. The van der Waals surface area contributed by atoms with Gasteiger partial charge in [-0.1, -0.05) is 50.3 Å². The zero-order valence-corrected chi connectivity index (χ0v) is 15.0. The summed E-state index contributed by atoms with van der Waals surface area (Å²) in [6.07, 6.45) is 5.44. The van der Waals surface area contributed by atoms with Gasteiger partial charge in [0.2, 0.25) is 0 Å². The molecule has 3 aliphatic carbocycles. The van der Waals surface area contributed by atoms with Crippen LogP contribution in [0.3, 0.4) is 0 Å². The summed E-state index contributed by atoms with van der Waals surface area (Å²) in [4.78, 5) is 0. The Bertz CT molecular complexity index is 552. The second kappa shape index (κ2) is 7.81. The summed E-state index contributed by atoms with van der Waals surface area (Å²) < 4.78 is 5.78. The summed E-state index contributed by atoms with van der Waals surface area (Å²) in [5.74, 6) is 1.56. The summed E-state index contributed by atoms with van der Waals surface area (Å²) in [7, 11) is 0. The van der Waals surface area contributed by atoms with E-state index in [0.29, 0.717) is 31.1 Å². The Kier molecular flexibility index (Phi) is 5.75. The fraction of sp³-hybridized carbons (Fsp3) is 0.619. The first-order valence-corrected chi connectivity index (χ1v) is 9.26. The summed E-state index contributed by atoms with van der Waals surface area (Å²) >= 11 is 0. The molecule has 2 N–H and O–H groups in total. The molecule has 4 rings (SSSR count). The molecule has 132 valence electrons. The van der Waals surface area contributed by atoms with Crippen LogP contribution >= 0.6 is 0 Å². The number of aliphatic hydroxyl groups is 1. The van der Waals surface area contributed by atoms with Crippen LogP contribution < -0.4 is 5.32 Å². The lowest BCUT2D eigenvalue weighted by atomic mass is 9.49. The van der Waals surface area contributed by atoms with E-state index in [1.54, 1.807) is 0 Å². The molecule has 3 nitrogen and oxygen atoms in total. The average molecular weight is 329 g/mol. The maximum absolute atomic E-state index is 10.0. The SMILES string of the molecule is CC1(C)[C@H]2CC=C(COC[C@@H](O)CNCCc3ccccc3)[C@H]1C2. The third-order valence-corrected chi connectivity index (χ3v) is 5.97. The number of benzene rings is 1. The molecule has 1 aromatic rings. The highest BCUT2D eigenvalue weighted by Crippen LogP contribution is 2.59. The Labute approximate surface area is 146 Å². The molecule has 1 saturated carbocycles. The van der Waals surface area contributed by atoms with Crippen molar-refractivity contribution in [2.45, 2.75) is 39.2 Å². The number of nitrogens with one attached hydrogen (secondary N) is 1. The van der Waals surface area contributed by atoms with Crippen molar-refractivity contribution in [1.29, 1.82) is 0 Å². The minimum absolute atomic E-state index is 0.409. The standard InChI is InChI=1S/C21H31NO2/c1-21(2)18-9-8-17(20(21)12-18)14-24-15-19(23)13-22-11-10-16-6-4-3-5-7-16/h3-8,18-20,22-23H,9-15H2,1-2H3/t18-,19-,20+/m0/s1. The molecular weight excluding hydrogens is 298 g/mol. The van der Waals surface area contributed by atoms with Gasteiger partial charge in [-0.2, -0.15) is 0 Å². The molecule has 1 aromatic carbocycles. The minimum Gasteiger partial charge on any atom is -0.389 e. The van der Waals surface area contributed by atoms with Crippen molar-refractivity contribution in [3.63, 3.8) is 0 Å². The molecule has 0 unspecified atom stereocenters. The molecule has 2 bridgehead atoms. The van der Waals surface area contributed by atoms with E-state index in [1.165, 1.54) is 24.0 Å². The first-order chi connectivity index (χ1) is 11.6. The van der Waals surface area contributed by atoms with E-state index in [2.05, 4.69) is 49.5 Å². The van der Waals surface area contributed by atoms with Gasteiger partial charge in [0.15, 0.2) is 0 Å². The van der Waals surface area contributed by atoms with Crippen molar-refractivity contribution in [1.82, 2.24) is 5.32 Å². The zero-order chi connectivity index (χ0) is 17.0. The quantitative estimate of drug-likeness (QED) is 0.540. The van der Waals surface area contributed by atoms with Crippen LogP contribution in [0.5, 0.6) is 0 Å². The monoisotopic (exact) mass is 329 g/mol. The first kappa shape index (κ1) is 17.7. The molecule has 0 heterocycles. The molecule has 3 heteroatoms. The highest BCUT2D eigenvalue weighted by molar-refractivity contribution is 5.23. The van der Waals surface area contributed by atoms with E-state index in [4.69, 9.17) is 4.74 Å². The van der Waals surface area contributed by atoms with Crippen LogP contribution in [-0.2, 0) is 11.2 Å². The number of rotatable bonds is 9.